The van der Waals surface area contributed by atoms with Crippen LogP contribution in [0.4, 0.5) is 19.1 Å². The maximum absolute atomic E-state index is 12.3. The summed E-state index contributed by atoms with van der Waals surface area (Å²) in [6, 6.07) is 7.62. The Hall–Kier alpha value is -2.25. The number of alkyl halides is 3. The van der Waals surface area contributed by atoms with Gasteiger partial charge in [0.1, 0.15) is 6.42 Å². The number of halogens is 3. The lowest BCUT2D eigenvalue weighted by Crippen LogP contribution is -2.37. The zero-order valence-corrected chi connectivity index (χ0v) is 12.4. The molecule has 5 nitrogen and oxygen atoms in total. The van der Waals surface area contributed by atoms with Crippen molar-refractivity contribution in [2.45, 2.75) is 19.0 Å². The van der Waals surface area contributed by atoms with Gasteiger partial charge in [-0.25, -0.2) is 4.98 Å². The van der Waals surface area contributed by atoms with Crippen molar-refractivity contribution >= 4 is 22.9 Å². The summed E-state index contributed by atoms with van der Waals surface area (Å²) in [6.45, 7) is 1.72. The summed E-state index contributed by atoms with van der Waals surface area (Å²) in [4.78, 5) is 22.7. The topological polar surface area (TPSA) is 52.2 Å². The first-order valence-corrected chi connectivity index (χ1v) is 7.46. The van der Waals surface area contributed by atoms with Crippen molar-refractivity contribution < 1.29 is 18.0 Å². The number of hydrogen-bond acceptors (Lipinski definition) is 3. The Morgan fingerprint density at radius 3 is 2.70 bits per heavy atom. The number of carbonyl (C=O) groups is 1. The van der Waals surface area contributed by atoms with Gasteiger partial charge in [-0.2, -0.15) is 13.2 Å². The molecule has 0 atom stereocenters. The first kappa shape index (κ1) is 15.6. The zero-order valence-electron chi connectivity index (χ0n) is 12.4. The zero-order chi connectivity index (χ0) is 16.4. The van der Waals surface area contributed by atoms with Crippen molar-refractivity contribution in [3.63, 3.8) is 0 Å². The molecule has 0 radical (unpaired) electrons. The fraction of sp³-hybridized carbons (Fsp3) is 0.467. The van der Waals surface area contributed by atoms with Crippen molar-refractivity contribution in [3.05, 3.63) is 24.3 Å². The van der Waals surface area contributed by atoms with E-state index >= 15 is 0 Å². The molecule has 0 spiro atoms. The normalized spacial score (nSPS) is 16.7. The van der Waals surface area contributed by atoms with Crippen LogP contribution in [-0.4, -0.2) is 53.1 Å². The summed E-state index contributed by atoms with van der Waals surface area (Å²) < 4.78 is 37.0. The fourth-order valence-electron chi connectivity index (χ4n) is 2.75. The number of benzene rings is 1. The van der Waals surface area contributed by atoms with Crippen molar-refractivity contribution in [3.8, 4) is 0 Å². The minimum Gasteiger partial charge on any atom is -0.341 e. The highest BCUT2D eigenvalue weighted by atomic mass is 19.4. The summed E-state index contributed by atoms with van der Waals surface area (Å²) >= 11 is 0. The second-order valence-corrected chi connectivity index (χ2v) is 5.59. The average Bonchev–Trinajstić information content (AvgIpc) is 2.74. The Morgan fingerprint density at radius 2 is 1.96 bits per heavy atom. The number of para-hydroxylation sites is 2. The minimum absolute atomic E-state index is 0.270. The number of aromatic amines is 1. The number of rotatable bonds is 2. The van der Waals surface area contributed by atoms with Crippen LogP contribution in [0.2, 0.25) is 0 Å². The number of nitrogens with one attached hydrogen (secondary N) is 1. The van der Waals surface area contributed by atoms with Crippen LogP contribution in [0, 0.1) is 0 Å². The third-order valence-electron chi connectivity index (χ3n) is 3.88. The molecule has 1 N–H and O–H groups in total. The fourth-order valence-corrected chi connectivity index (χ4v) is 2.75. The summed E-state index contributed by atoms with van der Waals surface area (Å²) in [6.07, 6.45) is -5.24. The molecule has 0 aliphatic carbocycles. The molecule has 0 unspecified atom stereocenters. The van der Waals surface area contributed by atoms with Crippen LogP contribution in [0.3, 0.4) is 0 Å². The van der Waals surface area contributed by atoms with E-state index in [4.69, 9.17) is 0 Å². The second kappa shape index (κ2) is 6.10. The van der Waals surface area contributed by atoms with Crippen LogP contribution in [0.1, 0.15) is 12.8 Å². The maximum atomic E-state index is 12.3. The first-order valence-electron chi connectivity index (χ1n) is 7.46. The Balaban J connectivity index is 1.67. The van der Waals surface area contributed by atoms with Crippen LogP contribution in [0.25, 0.3) is 11.0 Å². The molecule has 0 saturated carbocycles. The van der Waals surface area contributed by atoms with Gasteiger partial charge < -0.3 is 14.8 Å². The molecule has 0 bridgehead atoms. The molecule has 124 valence electrons. The van der Waals surface area contributed by atoms with Gasteiger partial charge in [0.2, 0.25) is 11.9 Å². The summed E-state index contributed by atoms with van der Waals surface area (Å²) in [5, 5.41) is 0. The lowest BCUT2D eigenvalue weighted by Gasteiger charge is -2.22. The number of hydrogen-bond donors (Lipinski definition) is 1. The Morgan fingerprint density at radius 1 is 1.17 bits per heavy atom. The molecule has 3 rings (SSSR count). The molecule has 1 aliphatic heterocycles. The van der Waals surface area contributed by atoms with Crippen LogP contribution in [0.15, 0.2) is 24.3 Å². The van der Waals surface area contributed by atoms with Crippen molar-refractivity contribution in [1.29, 1.82) is 0 Å². The van der Waals surface area contributed by atoms with E-state index in [9.17, 15) is 18.0 Å². The predicted octanol–water partition coefficient (Wildman–Crippen LogP) is 2.55. The van der Waals surface area contributed by atoms with Crippen LogP contribution in [-0.2, 0) is 4.79 Å². The molecule has 2 heterocycles. The van der Waals surface area contributed by atoms with Gasteiger partial charge in [-0.1, -0.05) is 12.1 Å². The van der Waals surface area contributed by atoms with E-state index in [1.807, 2.05) is 29.2 Å². The molecule has 1 amide bonds. The summed E-state index contributed by atoms with van der Waals surface area (Å²) in [5.74, 6) is -0.166. The van der Waals surface area contributed by atoms with Gasteiger partial charge >= 0.3 is 6.18 Å². The van der Waals surface area contributed by atoms with Gasteiger partial charge in [0.05, 0.1) is 11.0 Å². The molecule has 1 aromatic heterocycles. The lowest BCUT2D eigenvalue weighted by molar-refractivity contribution is -0.161. The van der Waals surface area contributed by atoms with E-state index in [1.165, 1.54) is 4.90 Å². The monoisotopic (exact) mass is 326 g/mol. The number of carbonyl (C=O) groups excluding carboxylic acids is 1. The quantitative estimate of drug-likeness (QED) is 0.923. The SMILES string of the molecule is O=C(CC(F)(F)F)N1CCCN(c2nc3ccccc3[nH]2)CC1. The molecule has 1 fully saturated rings. The van der Waals surface area contributed by atoms with Crippen molar-refractivity contribution in [2.24, 2.45) is 0 Å². The standard InChI is InChI=1S/C15H17F3N4O/c16-15(17,18)10-13(23)21-6-3-7-22(9-8-21)14-19-11-4-1-2-5-12(11)20-14/h1-2,4-5H,3,6-10H2,(H,19,20). The predicted molar refractivity (Wildman–Crippen MR) is 80.2 cm³/mol. The lowest BCUT2D eigenvalue weighted by atomic mass is 10.3. The highest BCUT2D eigenvalue weighted by Gasteiger charge is 2.34. The van der Waals surface area contributed by atoms with Gasteiger partial charge in [0, 0.05) is 26.2 Å². The van der Waals surface area contributed by atoms with Gasteiger partial charge in [0.25, 0.3) is 0 Å². The number of nitrogens with zero attached hydrogens (tertiary/aromatic N) is 3. The third-order valence-corrected chi connectivity index (χ3v) is 3.88. The average molecular weight is 326 g/mol. The van der Waals surface area contributed by atoms with Gasteiger partial charge in [-0.15, -0.1) is 0 Å². The van der Waals surface area contributed by atoms with Gasteiger partial charge in [-0.05, 0) is 18.6 Å². The van der Waals surface area contributed by atoms with Crippen LogP contribution >= 0.6 is 0 Å². The van der Waals surface area contributed by atoms with Crippen LogP contribution in [0.5, 0.6) is 0 Å². The summed E-state index contributed by atoms with van der Waals surface area (Å²) in [7, 11) is 0. The number of H-pyrrole nitrogens is 1. The highest BCUT2D eigenvalue weighted by molar-refractivity contribution is 5.78. The van der Waals surface area contributed by atoms with E-state index in [1.54, 1.807) is 0 Å². The number of aromatic nitrogens is 2. The van der Waals surface area contributed by atoms with Gasteiger partial charge in [-0.3, -0.25) is 4.79 Å². The van der Waals surface area contributed by atoms with E-state index in [-0.39, 0.29) is 6.54 Å². The molecule has 23 heavy (non-hydrogen) atoms. The van der Waals surface area contributed by atoms with Crippen LogP contribution < -0.4 is 4.90 Å². The van der Waals surface area contributed by atoms with Gasteiger partial charge in [0.15, 0.2) is 0 Å². The first-order chi connectivity index (χ1) is 10.9. The molecule has 1 saturated heterocycles. The largest absolute Gasteiger partial charge is 0.397 e. The maximum Gasteiger partial charge on any atom is 0.397 e. The second-order valence-electron chi connectivity index (χ2n) is 5.59. The number of amides is 1. The molecule has 1 aromatic carbocycles. The third kappa shape index (κ3) is 3.75. The van der Waals surface area contributed by atoms with E-state index in [0.717, 1.165) is 11.0 Å². The Kier molecular flexibility index (Phi) is 4.14. The summed E-state index contributed by atoms with van der Waals surface area (Å²) in [5.41, 5.74) is 1.76. The highest BCUT2D eigenvalue weighted by Crippen LogP contribution is 2.22. The molecule has 2 aromatic rings. The van der Waals surface area contributed by atoms with Crippen molar-refractivity contribution in [2.75, 3.05) is 31.1 Å². The smallest absolute Gasteiger partial charge is 0.341 e. The van der Waals surface area contributed by atoms with Crippen molar-refractivity contribution in [1.82, 2.24) is 14.9 Å². The Labute approximate surface area is 131 Å². The molecular weight excluding hydrogens is 309 g/mol. The molecule has 8 heteroatoms. The molecule has 1 aliphatic rings. The van der Waals surface area contributed by atoms with E-state index < -0.39 is 18.5 Å². The van der Waals surface area contributed by atoms with E-state index in [2.05, 4.69) is 9.97 Å². The number of fused-ring (bicyclic) bond motifs is 1. The number of anilines is 1. The minimum atomic E-state index is -4.46. The van der Waals surface area contributed by atoms with E-state index in [0.29, 0.717) is 32.0 Å². The number of imidazole rings is 1. The molecular formula is C15H17F3N4O. The Bertz CT molecular complexity index is 664.